The van der Waals surface area contributed by atoms with Crippen LogP contribution in [0.15, 0.2) is 24.5 Å². The number of rotatable bonds is 4. The van der Waals surface area contributed by atoms with Crippen molar-refractivity contribution in [3.05, 3.63) is 35.9 Å². The summed E-state index contributed by atoms with van der Waals surface area (Å²) in [6, 6.07) is 3.33. The van der Waals surface area contributed by atoms with Gasteiger partial charge in [-0.1, -0.05) is 13.8 Å². The Hall–Kier alpha value is -3.66. The van der Waals surface area contributed by atoms with Gasteiger partial charge in [-0.15, -0.1) is 0 Å². The van der Waals surface area contributed by atoms with Crippen LogP contribution >= 0.6 is 0 Å². The third-order valence-electron chi connectivity index (χ3n) is 6.22. The molecule has 2 aromatic heterocycles. The van der Waals surface area contributed by atoms with Gasteiger partial charge in [-0.05, 0) is 29.5 Å². The average Bonchev–Trinajstić information content (AvgIpc) is 3.24. The van der Waals surface area contributed by atoms with Crippen molar-refractivity contribution in [3.63, 3.8) is 0 Å². The average molecular weight is 468 g/mol. The minimum Gasteiger partial charge on any atom is -0.474 e. The van der Waals surface area contributed by atoms with Crippen molar-refractivity contribution in [2.24, 2.45) is 5.92 Å². The first-order chi connectivity index (χ1) is 16.5. The van der Waals surface area contributed by atoms with Crippen LogP contribution in [0.2, 0.25) is 0 Å². The quantitative estimate of drug-likeness (QED) is 0.493. The Kier molecular flexibility index (Phi) is 5.82. The molecule has 1 fully saturated rings. The van der Waals surface area contributed by atoms with E-state index in [0.717, 1.165) is 11.3 Å². The molecule has 0 bridgehead atoms. The van der Waals surface area contributed by atoms with Crippen LogP contribution in [0, 0.1) is 11.7 Å². The molecule has 4 N–H and O–H groups in total. The zero-order valence-electron chi connectivity index (χ0n) is 19.0. The smallest absolute Gasteiger partial charge is 0.413 e. The minimum absolute atomic E-state index is 0.0185. The van der Waals surface area contributed by atoms with Crippen LogP contribution in [-0.2, 0) is 15.9 Å². The molecular formula is C24H26FN5O4. The molecule has 5 rings (SSSR count). The number of hydrogen-bond acceptors (Lipinski definition) is 8. The number of anilines is 3. The lowest BCUT2D eigenvalue weighted by atomic mass is 9.95. The number of pyridine rings is 2. The summed E-state index contributed by atoms with van der Waals surface area (Å²) in [6.07, 6.45) is 2.76. The number of nitrogens with two attached hydrogens (primary N) is 1. The molecule has 34 heavy (non-hydrogen) atoms. The second-order valence-electron chi connectivity index (χ2n) is 8.49. The first-order valence-electron chi connectivity index (χ1n) is 11.3. The number of ether oxygens (including phenoxy) is 3. The van der Waals surface area contributed by atoms with E-state index >= 15 is 4.39 Å². The maximum absolute atomic E-state index is 15.4. The standard InChI is InChI=1S/C24H26FN5O4/c1-3-14-17(9-29-23-22(14)27-4-5-33-23)15-6-13-7-19(28-8-16(13)21(26)20(15)25)30-24(31)34-18-11-32-10-12(18)2/h6-9,12,18,27H,3-5,10-11,26H2,1-2H3,(H,28,30,31)/t12-,18-/m0/s1. The van der Waals surface area contributed by atoms with E-state index in [1.807, 2.05) is 13.8 Å². The van der Waals surface area contributed by atoms with E-state index in [4.69, 9.17) is 19.9 Å². The first-order valence-corrected chi connectivity index (χ1v) is 11.3. The topological polar surface area (TPSA) is 121 Å². The zero-order valence-corrected chi connectivity index (χ0v) is 19.0. The van der Waals surface area contributed by atoms with E-state index < -0.39 is 11.9 Å². The monoisotopic (exact) mass is 467 g/mol. The van der Waals surface area contributed by atoms with Gasteiger partial charge in [0, 0.05) is 41.4 Å². The number of carbonyl (C=O) groups excluding carboxylic acids is 1. The maximum Gasteiger partial charge on any atom is 0.413 e. The molecule has 2 aliphatic heterocycles. The van der Waals surface area contributed by atoms with Crippen LogP contribution in [-0.4, -0.2) is 48.5 Å². The van der Waals surface area contributed by atoms with E-state index in [-0.39, 0.29) is 23.5 Å². The van der Waals surface area contributed by atoms with Gasteiger partial charge in [-0.2, -0.15) is 0 Å². The van der Waals surface area contributed by atoms with E-state index in [0.29, 0.717) is 60.6 Å². The van der Waals surface area contributed by atoms with E-state index in [1.54, 1.807) is 18.3 Å². The highest BCUT2D eigenvalue weighted by atomic mass is 19.1. The molecule has 0 saturated carbocycles. The summed E-state index contributed by atoms with van der Waals surface area (Å²) in [5.41, 5.74) is 8.76. The number of carbonyl (C=O) groups is 1. The Labute approximate surface area is 195 Å². The summed E-state index contributed by atoms with van der Waals surface area (Å²) in [7, 11) is 0. The molecule has 0 unspecified atom stereocenters. The number of aromatic nitrogens is 2. The molecule has 178 valence electrons. The Morgan fingerprint density at radius 1 is 1.29 bits per heavy atom. The van der Waals surface area contributed by atoms with Crippen molar-refractivity contribution in [1.82, 2.24) is 9.97 Å². The molecule has 10 heteroatoms. The first kappa shape index (κ1) is 22.1. The van der Waals surface area contributed by atoms with Crippen molar-refractivity contribution < 1.29 is 23.4 Å². The van der Waals surface area contributed by atoms with Crippen LogP contribution in [0.25, 0.3) is 21.9 Å². The normalized spacial score (nSPS) is 19.3. The van der Waals surface area contributed by atoms with Crippen LogP contribution in [0.1, 0.15) is 19.4 Å². The van der Waals surface area contributed by atoms with Crippen molar-refractivity contribution >= 4 is 34.1 Å². The summed E-state index contributed by atoms with van der Waals surface area (Å²) in [5, 5.41) is 7.02. The third kappa shape index (κ3) is 3.94. The van der Waals surface area contributed by atoms with Crippen molar-refractivity contribution in [2.45, 2.75) is 26.4 Å². The molecule has 3 aromatic rings. The van der Waals surface area contributed by atoms with Gasteiger partial charge >= 0.3 is 6.09 Å². The van der Waals surface area contributed by atoms with Crippen molar-refractivity contribution in [2.75, 3.05) is 42.7 Å². The van der Waals surface area contributed by atoms with Gasteiger partial charge in [-0.25, -0.2) is 19.2 Å². The van der Waals surface area contributed by atoms with Gasteiger partial charge in [0.25, 0.3) is 0 Å². The lowest BCUT2D eigenvalue weighted by Crippen LogP contribution is -2.27. The molecule has 2 atom stereocenters. The molecular weight excluding hydrogens is 441 g/mol. The number of halogens is 1. The van der Waals surface area contributed by atoms with Crippen LogP contribution in [0.4, 0.5) is 26.4 Å². The second-order valence-corrected chi connectivity index (χ2v) is 8.49. The molecule has 1 aromatic carbocycles. The number of hydrogen-bond donors (Lipinski definition) is 3. The Morgan fingerprint density at radius 2 is 2.15 bits per heavy atom. The second kappa shape index (κ2) is 8.94. The van der Waals surface area contributed by atoms with Gasteiger partial charge in [-0.3, -0.25) is 5.32 Å². The lowest BCUT2D eigenvalue weighted by Gasteiger charge is -2.23. The molecule has 9 nitrogen and oxygen atoms in total. The van der Waals surface area contributed by atoms with Crippen molar-refractivity contribution in [1.29, 1.82) is 0 Å². The van der Waals surface area contributed by atoms with Crippen LogP contribution in [0.5, 0.6) is 5.88 Å². The molecule has 4 heterocycles. The number of nitrogens with zero attached hydrogens (tertiary/aromatic N) is 2. The summed E-state index contributed by atoms with van der Waals surface area (Å²) in [5.74, 6) is 0.365. The Balaban J connectivity index is 1.50. The lowest BCUT2D eigenvalue weighted by molar-refractivity contribution is 0.0843. The number of nitrogen functional groups attached to an aromatic ring is 1. The number of amides is 1. The summed E-state index contributed by atoms with van der Waals surface area (Å²) in [4.78, 5) is 20.9. The maximum atomic E-state index is 15.4. The van der Waals surface area contributed by atoms with Gasteiger partial charge in [0.2, 0.25) is 5.88 Å². The van der Waals surface area contributed by atoms with E-state index in [1.165, 1.54) is 6.20 Å². The fraction of sp³-hybridized carbons (Fsp3) is 0.375. The largest absolute Gasteiger partial charge is 0.474 e. The predicted molar refractivity (Wildman–Crippen MR) is 127 cm³/mol. The van der Waals surface area contributed by atoms with Gasteiger partial charge in [0.1, 0.15) is 24.2 Å². The van der Waals surface area contributed by atoms with Crippen LogP contribution < -0.4 is 21.1 Å². The zero-order chi connectivity index (χ0) is 23.8. The third-order valence-corrected chi connectivity index (χ3v) is 6.22. The highest BCUT2D eigenvalue weighted by Crippen LogP contribution is 2.40. The van der Waals surface area contributed by atoms with Crippen molar-refractivity contribution in [3.8, 4) is 17.0 Å². The van der Waals surface area contributed by atoms with Gasteiger partial charge in [0.15, 0.2) is 5.82 Å². The highest BCUT2D eigenvalue weighted by molar-refractivity contribution is 5.99. The van der Waals surface area contributed by atoms with Gasteiger partial charge in [0.05, 0.1) is 18.9 Å². The number of fused-ring (bicyclic) bond motifs is 2. The summed E-state index contributed by atoms with van der Waals surface area (Å²) < 4.78 is 31.8. The fourth-order valence-electron chi connectivity index (χ4n) is 4.37. The molecule has 0 radical (unpaired) electrons. The predicted octanol–water partition coefficient (Wildman–Crippen LogP) is 3.97. The van der Waals surface area contributed by atoms with Crippen LogP contribution in [0.3, 0.4) is 0 Å². The van der Waals surface area contributed by atoms with E-state index in [9.17, 15) is 4.79 Å². The summed E-state index contributed by atoms with van der Waals surface area (Å²) in [6.45, 7) is 6.05. The Morgan fingerprint density at radius 3 is 2.91 bits per heavy atom. The number of nitrogens with one attached hydrogen (secondary N) is 2. The molecule has 1 saturated heterocycles. The molecule has 0 aliphatic carbocycles. The fourth-order valence-corrected chi connectivity index (χ4v) is 4.37. The molecule has 2 aliphatic rings. The highest BCUT2D eigenvalue weighted by Gasteiger charge is 2.28. The van der Waals surface area contributed by atoms with E-state index in [2.05, 4.69) is 20.6 Å². The SMILES string of the molecule is CCc1c(-c2cc3cc(NC(=O)O[C@H]4COC[C@@H]4C)ncc3c(N)c2F)cnc2c1NCCO2. The van der Waals surface area contributed by atoms with Gasteiger partial charge < -0.3 is 25.3 Å². The molecule has 0 spiro atoms. The molecule has 1 amide bonds. The summed E-state index contributed by atoms with van der Waals surface area (Å²) >= 11 is 0. The Bertz CT molecular complexity index is 1270. The number of benzene rings is 1. The minimum atomic E-state index is -0.622.